The van der Waals surface area contributed by atoms with Crippen LogP contribution in [0.5, 0.6) is 0 Å². The first-order chi connectivity index (χ1) is 8.19. The summed E-state index contributed by atoms with van der Waals surface area (Å²) < 4.78 is 13.6. The summed E-state index contributed by atoms with van der Waals surface area (Å²) in [4.78, 5) is 0. The van der Waals surface area contributed by atoms with Gasteiger partial charge < -0.3 is 5.32 Å². The van der Waals surface area contributed by atoms with E-state index in [-0.39, 0.29) is 5.82 Å². The molecule has 1 aliphatic carbocycles. The van der Waals surface area contributed by atoms with Crippen LogP contribution in [0, 0.1) is 11.7 Å². The third-order valence-corrected chi connectivity index (χ3v) is 3.95. The fourth-order valence-electron chi connectivity index (χ4n) is 2.54. The number of nitrogens with one attached hydrogen (secondary N) is 1. The lowest BCUT2D eigenvalue weighted by Gasteiger charge is -2.29. The van der Waals surface area contributed by atoms with E-state index in [0.29, 0.717) is 16.8 Å². The van der Waals surface area contributed by atoms with Gasteiger partial charge in [-0.3, -0.25) is 0 Å². The lowest BCUT2D eigenvalue weighted by molar-refractivity contribution is 0.329. The van der Waals surface area contributed by atoms with Crippen molar-refractivity contribution in [3.63, 3.8) is 0 Å². The van der Waals surface area contributed by atoms with Gasteiger partial charge in [-0.2, -0.15) is 0 Å². The fraction of sp³-hybridized carbons (Fsp3) is 0.571. The van der Waals surface area contributed by atoms with Gasteiger partial charge in [0.1, 0.15) is 5.82 Å². The highest BCUT2D eigenvalue weighted by molar-refractivity contribution is 6.30. The van der Waals surface area contributed by atoms with E-state index >= 15 is 0 Å². The van der Waals surface area contributed by atoms with Crippen molar-refractivity contribution in [1.29, 1.82) is 0 Å². The maximum Gasteiger partial charge on any atom is 0.147 e. The van der Waals surface area contributed by atoms with Crippen molar-refractivity contribution in [3.8, 4) is 0 Å². The number of halogens is 2. The molecule has 1 N–H and O–H groups in total. The molecule has 0 aromatic heterocycles. The molecule has 0 unspecified atom stereocenters. The number of anilines is 1. The standard InChI is InChI=1S/C14H19ClFN/c1-2-10-3-6-12(7-4-10)17-14-8-5-11(15)9-13(14)16/h5,8-10,12,17H,2-4,6-7H2,1H3. The molecule has 1 aromatic carbocycles. The normalized spacial score (nSPS) is 24.6. The van der Waals surface area contributed by atoms with Crippen molar-refractivity contribution >= 4 is 17.3 Å². The van der Waals surface area contributed by atoms with Crippen LogP contribution in [0.15, 0.2) is 18.2 Å². The number of hydrogen-bond donors (Lipinski definition) is 1. The van der Waals surface area contributed by atoms with Gasteiger partial charge in [-0.05, 0) is 49.8 Å². The summed E-state index contributed by atoms with van der Waals surface area (Å²) in [5, 5.41) is 3.73. The maximum atomic E-state index is 13.6. The van der Waals surface area contributed by atoms with Gasteiger partial charge in [0.25, 0.3) is 0 Å². The van der Waals surface area contributed by atoms with E-state index in [9.17, 15) is 4.39 Å². The summed E-state index contributed by atoms with van der Waals surface area (Å²) in [6.07, 6.45) is 6.05. The van der Waals surface area contributed by atoms with Crippen molar-refractivity contribution in [1.82, 2.24) is 0 Å². The molecule has 0 bridgehead atoms. The highest BCUT2D eigenvalue weighted by atomic mass is 35.5. The largest absolute Gasteiger partial charge is 0.380 e. The van der Waals surface area contributed by atoms with Gasteiger partial charge in [-0.1, -0.05) is 24.9 Å². The minimum atomic E-state index is -0.255. The highest BCUT2D eigenvalue weighted by Gasteiger charge is 2.20. The number of rotatable bonds is 3. The maximum absolute atomic E-state index is 13.6. The zero-order valence-electron chi connectivity index (χ0n) is 10.2. The lowest BCUT2D eigenvalue weighted by atomic mass is 9.84. The second-order valence-electron chi connectivity index (χ2n) is 4.89. The van der Waals surface area contributed by atoms with Gasteiger partial charge in [0.2, 0.25) is 0 Å². The summed E-state index contributed by atoms with van der Waals surface area (Å²) in [5.74, 6) is 0.609. The Kier molecular flexibility index (Phi) is 4.27. The second-order valence-corrected chi connectivity index (χ2v) is 5.33. The summed E-state index contributed by atoms with van der Waals surface area (Å²) in [6.45, 7) is 2.25. The molecule has 2 rings (SSSR count). The van der Waals surface area contributed by atoms with E-state index in [1.165, 1.54) is 25.3 Å². The molecule has 1 aromatic rings. The minimum Gasteiger partial charge on any atom is -0.380 e. The number of hydrogen-bond acceptors (Lipinski definition) is 1. The third-order valence-electron chi connectivity index (χ3n) is 3.71. The van der Waals surface area contributed by atoms with Gasteiger partial charge in [0, 0.05) is 11.1 Å². The fourth-order valence-corrected chi connectivity index (χ4v) is 2.70. The molecule has 0 heterocycles. The number of benzene rings is 1. The van der Waals surface area contributed by atoms with Crippen LogP contribution in [0.4, 0.5) is 10.1 Å². The molecule has 0 radical (unpaired) electrons. The first kappa shape index (κ1) is 12.7. The molecular weight excluding hydrogens is 237 g/mol. The SMILES string of the molecule is CCC1CCC(Nc2ccc(Cl)cc2F)CC1. The molecule has 0 spiro atoms. The van der Waals surface area contributed by atoms with Crippen LogP contribution in [0.2, 0.25) is 5.02 Å². The van der Waals surface area contributed by atoms with E-state index in [4.69, 9.17) is 11.6 Å². The lowest BCUT2D eigenvalue weighted by Crippen LogP contribution is -2.26. The Bertz CT molecular complexity index is 372. The van der Waals surface area contributed by atoms with E-state index in [1.54, 1.807) is 12.1 Å². The zero-order valence-corrected chi connectivity index (χ0v) is 10.9. The Labute approximate surface area is 107 Å². The van der Waals surface area contributed by atoms with Crippen LogP contribution in [0.3, 0.4) is 0 Å². The Morgan fingerprint density at radius 2 is 2.00 bits per heavy atom. The third kappa shape index (κ3) is 3.35. The van der Waals surface area contributed by atoms with Crippen molar-refractivity contribution in [2.75, 3.05) is 5.32 Å². The highest BCUT2D eigenvalue weighted by Crippen LogP contribution is 2.29. The summed E-state index contributed by atoms with van der Waals surface area (Å²) in [7, 11) is 0. The van der Waals surface area contributed by atoms with Crippen LogP contribution < -0.4 is 5.32 Å². The topological polar surface area (TPSA) is 12.0 Å². The van der Waals surface area contributed by atoms with Crippen molar-refractivity contribution in [2.45, 2.75) is 45.1 Å². The first-order valence-corrected chi connectivity index (χ1v) is 6.78. The molecule has 1 saturated carbocycles. The first-order valence-electron chi connectivity index (χ1n) is 6.40. The van der Waals surface area contributed by atoms with Crippen LogP contribution in [0.25, 0.3) is 0 Å². The van der Waals surface area contributed by atoms with Gasteiger partial charge in [-0.15, -0.1) is 0 Å². The van der Waals surface area contributed by atoms with E-state index < -0.39 is 0 Å². The molecule has 94 valence electrons. The van der Waals surface area contributed by atoms with Crippen LogP contribution in [-0.4, -0.2) is 6.04 Å². The summed E-state index contributed by atoms with van der Waals surface area (Å²) >= 11 is 5.73. The van der Waals surface area contributed by atoms with Crippen LogP contribution in [-0.2, 0) is 0 Å². The molecule has 0 saturated heterocycles. The quantitative estimate of drug-likeness (QED) is 0.813. The molecule has 17 heavy (non-hydrogen) atoms. The van der Waals surface area contributed by atoms with E-state index in [1.807, 2.05) is 0 Å². The average Bonchev–Trinajstić information content (AvgIpc) is 2.34. The Hall–Kier alpha value is -0.760. The van der Waals surface area contributed by atoms with Gasteiger partial charge >= 0.3 is 0 Å². The Morgan fingerprint density at radius 1 is 1.29 bits per heavy atom. The van der Waals surface area contributed by atoms with Crippen molar-refractivity contribution in [3.05, 3.63) is 29.0 Å². The second kappa shape index (κ2) is 5.72. The van der Waals surface area contributed by atoms with E-state index in [2.05, 4.69) is 12.2 Å². The summed E-state index contributed by atoms with van der Waals surface area (Å²) in [6, 6.07) is 5.23. The Balaban J connectivity index is 1.93. The van der Waals surface area contributed by atoms with Crippen molar-refractivity contribution in [2.24, 2.45) is 5.92 Å². The minimum absolute atomic E-state index is 0.255. The van der Waals surface area contributed by atoms with Gasteiger partial charge in [-0.25, -0.2) is 4.39 Å². The smallest absolute Gasteiger partial charge is 0.147 e. The summed E-state index contributed by atoms with van der Waals surface area (Å²) in [5.41, 5.74) is 0.578. The predicted octanol–water partition coefficient (Wildman–Crippen LogP) is 4.86. The molecule has 0 aliphatic heterocycles. The predicted molar refractivity (Wildman–Crippen MR) is 71.1 cm³/mol. The Morgan fingerprint density at radius 3 is 2.59 bits per heavy atom. The van der Waals surface area contributed by atoms with Crippen LogP contribution in [0.1, 0.15) is 39.0 Å². The monoisotopic (exact) mass is 255 g/mol. The molecule has 1 aliphatic rings. The molecule has 1 nitrogen and oxygen atoms in total. The molecular formula is C14H19ClFN. The molecule has 1 fully saturated rings. The van der Waals surface area contributed by atoms with E-state index in [0.717, 1.165) is 18.8 Å². The van der Waals surface area contributed by atoms with Crippen molar-refractivity contribution < 1.29 is 4.39 Å². The molecule has 3 heteroatoms. The van der Waals surface area contributed by atoms with Gasteiger partial charge in [0.05, 0.1) is 5.69 Å². The average molecular weight is 256 g/mol. The molecule has 0 amide bonds. The van der Waals surface area contributed by atoms with Crippen LogP contribution >= 0.6 is 11.6 Å². The molecule has 0 atom stereocenters. The van der Waals surface area contributed by atoms with Gasteiger partial charge in [0.15, 0.2) is 0 Å². The zero-order chi connectivity index (χ0) is 12.3.